The van der Waals surface area contributed by atoms with E-state index < -0.39 is 12.2 Å². The first-order chi connectivity index (χ1) is 8.70. The number of carbonyl (C=O) groups is 1. The van der Waals surface area contributed by atoms with Crippen LogP contribution in [0.4, 0.5) is 0 Å². The molecule has 2 rings (SSSR count). The molecule has 2 atom stereocenters. The van der Waals surface area contributed by atoms with Crippen molar-refractivity contribution in [1.82, 2.24) is 5.32 Å². The van der Waals surface area contributed by atoms with Gasteiger partial charge in [-0.1, -0.05) is 31.5 Å². The maximum absolute atomic E-state index is 11.9. The molecule has 0 saturated heterocycles. The number of para-hydroxylation sites is 1. The van der Waals surface area contributed by atoms with Gasteiger partial charge in [0.25, 0.3) is 5.91 Å². The molecule has 18 heavy (non-hydrogen) atoms. The highest BCUT2D eigenvalue weighted by molar-refractivity contribution is 5.82. The van der Waals surface area contributed by atoms with Crippen molar-refractivity contribution in [2.24, 2.45) is 0 Å². The number of ether oxygens (including phenoxy) is 1. The van der Waals surface area contributed by atoms with Gasteiger partial charge in [0.2, 0.25) is 0 Å². The quantitative estimate of drug-likeness (QED) is 0.826. The van der Waals surface area contributed by atoms with E-state index in [2.05, 4.69) is 5.32 Å². The topological polar surface area (TPSA) is 58.6 Å². The van der Waals surface area contributed by atoms with Gasteiger partial charge in [0.15, 0.2) is 6.10 Å². The van der Waals surface area contributed by atoms with Crippen LogP contribution in [0.15, 0.2) is 24.3 Å². The number of benzene rings is 1. The summed E-state index contributed by atoms with van der Waals surface area (Å²) in [5.41, 5.74) is 1.06. The van der Waals surface area contributed by atoms with Gasteiger partial charge in [-0.05, 0) is 18.1 Å². The second-order valence-electron chi connectivity index (χ2n) is 4.61. The number of carbonyl (C=O) groups excluding carboxylic acids is 1. The highest BCUT2D eigenvalue weighted by Crippen LogP contribution is 2.27. The third-order valence-corrected chi connectivity index (χ3v) is 3.07. The zero-order valence-electron chi connectivity index (χ0n) is 10.6. The average Bonchev–Trinajstić information content (AvgIpc) is 2.80. The third kappa shape index (κ3) is 3.01. The molecule has 4 heteroatoms. The minimum atomic E-state index is -0.470. The molecule has 0 fully saturated rings. The molecule has 1 amide bonds. The Morgan fingerprint density at radius 1 is 1.56 bits per heavy atom. The van der Waals surface area contributed by atoms with E-state index in [0.29, 0.717) is 19.4 Å². The van der Waals surface area contributed by atoms with E-state index in [1.165, 1.54) is 0 Å². The number of aliphatic hydroxyl groups excluding tert-OH is 1. The van der Waals surface area contributed by atoms with E-state index in [9.17, 15) is 9.90 Å². The number of hydrogen-bond acceptors (Lipinski definition) is 3. The normalized spacial score (nSPS) is 18.9. The SMILES string of the molecule is CCCC(O)CNC(=O)C1Cc2ccccc2O1. The minimum Gasteiger partial charge on any atom is -0.480 e. The van der Waals surface area contributed by atoms with Crippen LogP contribution in [0.1, 0.15) is 25.3 Å². The number of hydrogen-bond donors (Lipinski definition) is 2. The van der Waals surface area contributed by atoms with Crippen molar-refractivity contribution < 1.29 is 14.6 Å². The van der Waals surface area contributed by atoms with Crippen LogP contribution in [0.5, 0.6) is 5.75 Å². The molecule has 98 valence electrons. The van der Waals surface area contributed by atoms with E-state index in [4.69, 9.17) is 4.74 Å². The Labute approximate surface area is 107 Å². The van der Waals surface area contributed by atoms with Crippen LogP contribution in [0.25, 0.3) is 0 Å². The maximum atomic E-state index is 11.9. The van der Waals surface area contributed by atoms with Gasteiger partial charge in [-0.3, -0.25) is 4.79 Å². The molecular weight excluding hydrogens is 230 g/mol. The predicted molar refractivity (Wildman–Crippen MR) is 68.5 cm³/mol. The summed E-state index contributed by atoms with van der Waals surface area (Å²) in [5, 5.41) is 12.3. The van der Waals surface area contributed by atoms with Crippen LogP contribution in [0.2, 0.25) is 0 Å². The average molecular weight is 249 g/mol. The molecule has 1 aromatic carbocycles. The second-order valence-corrected chi connectivity index (χ2v) is 4.61. The molecule has 1 heterocycles. The summed E-state index contributed by atoms with van der Waals surface area (Å²) in [4.78, 5) is 11.9. The first-order valence-electron chi connectivity index (χ1n) is 6.41. The first kappa shape index (κ1) is 12.9. The fourth-order valence-corrected chi connectivity index (χ4v) is 2.10. The van der Waals surface area contributed by atoms with Gasteiger partial charge >= 0.3 is 0 Å². The Balaban J connectivity index is 1.82. The van der Waals surface area contributed by atoms with Gasteiger partial charge in [0.05, 0.1) is 6.10 Å². The van der Waals surface area contributed by atoms with Crippen LogP contribution >= 0.6 is 0 Å². The zero-order valence-corrected chi connectivity index (χ0v) is 10.6. The summed E-state index contributed by atoms with van der Waals surface area (Å²) in [7, 11) is 0. The molecule has 2 N–H and O–H groups in total. The lowest BCUT2D eigenvalue weighted by molar-refractivity contribution is -0.127. The largest absolute Gasteiger partial charge is 0.480 e. The maximum Gasteiger partial charge on any atom is 0.261 e. The van der Waals surface area contributed by atoms with Crippen LogP contribution in [0.3, 0.4) is 0 Å². The summed E-state index contributed by atoms with van der Waals surface area (Å²) >= 11 is 0. The van der Waals surface area contributed by atoms with Crippen LogP contribution in [-0.2, 0) is 11.2 Å². The molecule has 0 saturated carbocycles. The molecule has 1 aromatic rings. The highest BCUT2D eigenvalue weighted by atomic mass is 16.5. The number of nitrogens with one attached hydrogen (secondary N) is 1. The van der Waals surface area contributed by atoms with Crippen molar-refractivity contribution in [3.63, 3.8) is 0 Å². The number of aliphatic hydroxyl groups is 1. The van der Waals surface area contributed by atoms with Crippen molar-refractivity contribution in [2.75, 3.05) is 6.54 Å². The molecule has 0 spiro atoms. The number of fused-ring (bicyclic) bond motifs is 1. The van der Waals surface area contributed by atoms with Crippen molar-refractivity contribution in [3.8, 4) is 5.75 Å². The van der Waals surface area contributed by atoms with Gasteiger partial charge in [-0.2, -0.15) is 0 Å². The monoisotopic (exact) mass is 249 g/mol. The Morgan fingerprint density at radius 3 is 3.06 bits per heavy atom. The number of rotatable bonds is 5. The molecule has 1 aliphatic rings. The fourth-order valence-electron chi connectivity index (χ4n) is 2.10. The van der Waals surface area contributed by atoms with Crippen molar-refractivity contribution in [2.45, 2.75) is 38.4 Å². The van der Waals surface area contributed by atoms with Crippen LogP contribution in [0, 0.1) is 0 Å². The Hall–Kier alpha value is -1.55. The summed E-state index contributed by atoms with van der Waals surface area (Å²) < 4.78 is 5.57. The van der Waals surface area contributed by atoms with Crippen LogP contribution < -0.4 is 10.1 Å². The van der Waals surface area contributed by atoms with Gasteiger partial charge in [-0.15, -0.1) is 0 Å². The van der Waals surface area contributed by atoms with E-state index in [1.54, 1.807) is 0 Å². The van der Waals surface area contributed by atoms with E-state index in [0.717, 1.165) is 17.7 Å². The lowest BCUT2D eigenvalue weighted by Crippen LogP contribution is -2.41. The van der Waals surface area contributed by atoms with Gasteiger partial charge in [0, 0.05) is 13.0 Å². The smallest absolute Gasteiger partial charge is 0.261 e. The van der Waals surface area contributed by atoms with Gasteiger partial charge in [0.1, 0.15) is 5.75 Å². The second kappa shape index (κ2) is 5.87. The van der Waals surface area contributed by atoms with Crippen molar-refractivity contribution >= 4 is 5.91 Å². The summed E-state index contributed by atoms with van der Waals surface area (Å²) in [6.07, 6.45) is 1.28. The van der Waals surface area contributed by atoms with Gasteiger partial charge in [-0.25, -0.2) is 0 Å². The summed E-state index contributed by atoms with van der Waals surface area (Å²) in [6, 6.07) is 7.67. The van der Waals surface area contributed by atoms with E-state index in [-0.39, 0.29) is 5.91 Å². The van der Waals surface area contributed by atoms with Crippen molar-refractivity contribution in [1.29, 1.82) is 0 Å². The molecule has 0 aromatic heterocycles. The van der Waals surface area contributed by atoms with Crippen molar-refractivity contribution in [3.05, 3.63) is 29.8 Å². The minimum absolute atomic E-state index is 0.152. The van der Waals surface area contributed by atoms with E-state index in [1.807, 2.05) is 31.2 Å². The standard InChI is InChI=1S/C14H19NO3/c1-2-5-11(16)9-15-14(17)13-8-10-6-3-4-7-12(10)18-13/h3-4,6-7,11,13,16H,2,5,8-9H2,1H3,(H,15,17). The lowest BCUT2D eigenvalue weighted by atomic mass is 10.1. The fraction of sp³-hybridized carbons (Fsp3) is 0.500. The summed E-state index contributed by atoms with van der Waals surface area (Å²) in [6.45, 7) is 2.30. The Morgan fingerprint density at radius 2 is 2.33 bits per heavy atom. The molecule has 0 bridgehead atoms. The van der Waals surface area contributed by atoms with Crippen LogP contribution in [-0.4, -0.2) is 29.8 Å². The molecule has 0 aliphatic carbocycles. The highest BCUT2D eigenvalue weighted by Gasteiger charge is 2.28. The van der Waals surface area contributed by atoms with E-state index >= 15 is 0 Å². The lowest BCUT2D eigenvalue weighted by Gasteiger charge is -2.14. The first-order valence-corrected chi connectivity index (χ1v) is 6.41. The molecule has 2 unspecified atom stereocenters. The Kier molecular flexibility index (Phi) is 4.20. The zero-order chi connectivity index (χ0) is 13.0. The van der Waals surface area contributed by atoms with Gasteiger partial charge < -0.3 is 15.2 Å². The predicted octanol–water partition coefficient (Wildman–Crippen LogP) is 1.27. The molecular formula is C14H19NO3. The number of amides is 1. The summed E-state index contributed by atoms with van der Waals surface area (Å²) in [5.74, 6) is 0.633. The molecule has 1 aliphatic heterocycles. The molecule has 0 radical (unpaired) electrons. The molecule has 4 nitrogen and oxygen atoms in total. The third-order valence-electron chi connectivity index (χ3n) is 3.07. The Bertz CT molecular complexity index is 394.